The lowest BCUT2D eigenvalue weighted by Crippen LogP contribution is -2.37. The molecule has 0 saturated heterocycles. The minimum Gasteiger partial charge on any atom is -0.313 e. The van der Waals surface area contributed by atoms with Gasteiger partial charge in [0.25, 0.3) is 0 Å². The number of hydrogen-bond acceptors (Lipinski definition) is 2. The number of hydrogen-bond donors (Lipinski definition) is 1. The van der Waals surface area contributed by atoms with Gasteiger partial charge in [0.15, 0.2) is 0 Å². The Hall–Kier alpha value is -0.550. The molecule has 1 aliphatic carbocycles. The second kappa shape index (κ2) is 6.25. The zero-order valence-electron chi connectivity index (χ0n) is 11.1. The van der Waals surface area contributed by atoms with E-state index in [0.29, 0.717) is 17.9 Å². The zero-order valence-corrected chi connectivity index (χ0v) is 11.1. The number of nitriles is 1. The van der Waals surface area contributed by atoms with Crippen LogP contribution in [-0.4, -0.2) is 12.6 Å². The standard InChI is InChI=1S/C14H26N2/c1-12(2)10-14(7-4-5-8-14)11-16-13(3)6-9-15/h12-13,16H,4-8,10-11H2,1-3H3. The highest BCUT2D eigenvalue weighted by molar-refractivity contribution is 4.89. The van der Waals surface area contributed by atoms with E-state index in [-0.39, 0.29) is 0 Å². The minimum absolute atomic E-state index is 0.342. The van der Waals surface area contributed by atoms with Crippen LogP contribution in [0.25, 0.3) is 0 Å². The molecule has 1 saturated carbocycles. The van der Waals surface area contributed by atoms with Crippen molar-refractivity contribution < 1.29 is 0 Å². The number of nitrogens with one attached hydrogen (secondary N) is 1. The molecule has 92 valence electrons. The Labute approximate surface area is 100 Å². The van der Waals surface area contributed by atoms with Gasteiger partial charge in [-0.15, -0.1) is 0 Å². The molecule has 0 aromatic carbocycles. The molecule has 1 unspecified atom stereocenters. The van der Waals surface area contributed by atoms with Crippen LogP contribution in [0.3, 0.4) is 0 Å². The summed E-state index contributed by atoms with van der Waals surface area (Å²) in [5, 5.41) is 12.2. The molecule has 0 bridgehead atoms. The van der Waals surface area contributed by atoms with Crippen molar-refractivity contribution in [2.75, 3.05) is 6.54 Å². The van der Waals surface area contributed by atoms with Crippen LogP contribution in [0.2, 0.25) is 0 Å². The van der Waals surface area contributed by atoms with Gasteiger partial charge >= 0.3 is 0 Å². The summed E-state index contributed by atoms with van der Waals surface area (Å²) in [5.74, 6) is 0.783. The molecule has 1 fully saturated rings. The Balaban J connectivity index is 2.42. The van der Waals surface area contributed by atoms with Gasteiger partial charge in [-0.25, -0.2) is 0 Å². The van der Waals surface area contributed by atoms with Crippen LogP contribution < -0.4 is 5.32 Å². The van der Waals surface area contributed by atoms with Crippen molar-refractivity contribution in [2.45, 2.75) is 65.3 Å². The molecule has 0 aromatic heterocycles. The van der Waals surface area contributed by atoms with Gasteiger partial charge in [-0.05, 0) is 37.5 Å². The summed E-state index contributed by atoms with van der Waals surface area (Å²) >= 11 is 0. The van der Waals surface area contributed by atoms with Crippen LogP contribution in [0.1, 0.15) is 59.3 Å². The molecule has 0 aromatic rings. The second-order valence-corrected chi connectivity index (χ2v) is 5.95. The fourth-order valence-corrected chi connectivity index (χ4v) is 3.04. The largest absolute Gasteiger partial charge is 0.313 e. The highest BCUT2D eigenvalue weighted by Gasteiger charge is 2.34. The van der Waals surface area contributed by atoms with E-state index in [2.05, 4.69) is 32.2 Å². The van der Waals surface area contributed by atoms with Crippen LogP contribution in [0.15, 0.2) is 0 Å². The third-order valence-electron chi connectivity index (χ3n) is 3.73. The van der Waals surface area contributed by atoms with E-state index in [9.17, 15) is 0 Å². The summed E-state index contributed by atoms with van der Waals surface area (Å²) in [6, 6.07) is 2.58. The summed E-state index contributed by atoms with van der Waals surface area (Å²) in [6.45, 7) is 7.85. The average Bonchev–Trinajstić information content (AvgIpc) is 2.64. The molecule has 1 rings (SSSR count). The van der Waals surface area contributed by atoms with Crippen molar-refractivity contribution in [3.05, 3.63) is 0 Å². The highest BCUT2D eigenvalue weighted by atomic mass is 14.9. The van der Waals surface area contributed by atoms with Gasteiger partial charge in [0.05, 0.1) is 12.5 Å². The fourth-order valence-electron chi connectivity index (χ4n) is 3.04. The van der Waals surface area contributed by atoms with Crippen molar-refractivity contribution in [3.8, 4) is 6.07 Å². The molecule has 0 aliphatic heterocycles. The molecular formula is C14H26N2. The first-order valence-electron chi connectivity index (χ1n) is 6.68. The van der Waals surface area contributed by atoms with Gasteiger partial charge in [-0.2, -0.15) is 5.26 Å². The van der Waals surface area contributed by atoms with E-state index in [0.717, 1.165) is 12.5 Å². The molecular weight excluding hydrogens is 196 g/mol. The normalized spacial score (nSPS) is 20.9. The fraction of sp³-hybridized carbons (Fsp3) is 0.929. The molecule has 1 N–H and O–H groups in total. The van der Waals surface area contributed by atoms with Crippen molar-refractivity contribution in [1.29, 1.82) is 5.26 Å². The van der Waals surface area contributed by atoms with Crippen LogP contribution in [0.4, 0.5) is 0 Å². The third-order valence-corrected chi connectivity index (χ3v) is 3.73. The van der Waals surface area contributed by atoms with Crippen LogP contribution >= 0.6 is 0 Å². The lowest BCUT2D eigenvalue weighted by Gasteiger charge is -2.32. The molecule has 1 atom stereocenters. The van der Waals surface area contributed by atoms with Crippen molar-refractivity contribution >= 4 is 0 Å². The van der Waals surface area contributed by atoms with Crippen molar-refractivity contribution in [1.82, 2.24) is 5.32 Å². The summed E-state index contributed by atoms with van der Waals surface area (Å²) in [4.78, 5) is 0. The lowest BCUT2D eigenvalue weighted by molar-refractivity contribution is 0.217. The Morgan fingerprint density at radius 2 is 1.88 bits per heavy atom. The van der Waals surface area contributed by atoms with E-state index in [1.165, 1.54) is 32.1 Å². The summed E-state index contributed by atoms with van der Waals surface area (Å²) in [6.07, 6.45) is 7.48. The number of rotatable bonds is 6. The molecule has 2 heteroatoms. The van der Waals surface area contributed by atoms with Gasteiger partial charge in [-0.1, -0.05) is 26.7 Å². The molecule has 0 radical (unpaired) electrons. The SMILES string of the molecule is CC(C)CC1(CNC(C)CC#N)CCCC1. The maximum Gasteiger partial charge on any atom is 0.0638 e. The van der Waals surface area contributed by atoms with Crippen LogP contribution in [0, 0.1) is 22.7 Å². The van der Waals surface area contributed by atoms with E-state index in [1.807, 2.05) is 0 Å². The molecule has 16 heavy (non-hydrogen) atoms. The predicted molar refractivity (Wildman–Crippen MR) is 68.1 cm³/mol. The van der Waals surface area contributed by atoms with Gasteiger partial charge in [-0.3, -0.25) is 0 Å². The smallest absolute Gasteiger partial charge is 0.0638 e. The topological polar surface area (TPSA) is 35.8 Å². The quantitative estimate of drug-likeness (QED) is 0.747. The van der Waals surface area contributed by atoms with E-state index >= 15 is 0 Å². The van der Waals surface area contributed by atoms with Crippen LogP contribution in [0.5, 0.6) is 0 Å². The Morgan fingerprint density at radius 1 is 1.25 bits per heavy atom. The van der Waals surface area contributed by atoms with Crippen molar-refractivity contribution in [3.63, 3.8) is 0 Å². The number of nitrogens with zero attached hydrogens (tertiary/aromatic N) is 1. The summed E-state index contributed by atoms with van der Waals surface area (Å²) in [7, 11) is 0. The van der Waals surface area contributed by atoms with E-state index in [1.54, 1.807) is 0 Å². The van der Waals surface area contributed by atoms with Gasteiger partial charge < -0.3 is 5.32 Å². The Bertz CT molecular complexity index is 234. The van der Waals surface area contributed by atoms with Crippen LogP contribution in [-0.2, 0) is 0 Å². The minimum atomic E-state index is 0.342. The molecule has 0 heterocycles. The predicted octanol–water partition coefficient (Wildman–Crippen LogP) is 3.48. The highest BCUT2D eigenvalue weighted by Crippen LogP contribution is 2.42. The summed E-state index contributed by atoms with van der Waals surface area (Å²) < 4.78 is 0. The summed E-state index contributed by atoms with van der Waals surface area (Å²) in [5.41, 5.74) is 0.526. The van der Waals surface area contributed by atoms with Gasteiger partial charge in [0.2, 0.25) is 0 Å². The Kier molecular flexibility index (Phi) is 5.28. The maximum absolute atomic E-state index is 8.65. The van der Waals surface area contributed by atoms with E-state index in [4.69, 9.17) is 5.26 Å². The second-order valence-electron chi connectivity index (χ2n) is 5.95. The molecule has 0 spiro atoms. The van der Waals surface area contributed by atoms with Gasteiger partial charge in [0, 0.05) is 12.6 Å². The van der Waals surface area contributed by atoms with Crippen molar-refractivity contribution in [2.24, 2.45) is 11.3 Å². The molecule has 0 amide bonds. The average molecular weight is 222 g/mol. The molecule has 2 nitrogen and oxygen atoms in total. The monoisotopic (exact) mass is 222 g/mol. The first kappa shape index (κ1) is 13.5. The van der Waals surface area contributed by atoms with Gasteiger partial charge in [0.1, 0.15) is 0 Å². The Morgan fingerprint density at radius 3 is 2.38 bits per heavy atom. The van der Waals surface area contributed by atoms with E-state index < -0.39 is 0 Å². The first-order valence-corrected chi connectivity index (χ1v) is 6.68. The molecule has 1 aliphatic rings. The first-order chi connectivity index (χ1) is 7.58. The lowest BCUT2D eigenvalue weighted by atomic mass is 9.78. The zero-order chi connectivity index (χ0) is 12.0. The maximum atomic E-state index is 8.65. The third kappa shape index (κ3) is 4.14.